The molecule has 0 aliphatic carbocycles. The van der Waals surface area contributed by atoms with Crippen molar-refractivity contribution in [2.75, 3.05) is 19.8 Å². The van der Waals surface area contributed by atoms with Crippen molar-refractivity contribution in [1.29, 1.82) is 0 Å². The Morgan fingerprint density at radius 1 is 1.45 bits per heavy atom. The Labute approximate surface area is 115 Å². The molecule has 7 heteroatoms. The van der Waals surface area contributed by atoms with E-state index in [4.69, 9.17) is 13.9 Å². The minimum absolute atomic E-state index is 0.124. The van der Waals surface area contributed by atoms with Gasteiger partial charge in [-0.15, -0.1) is 0 Å². The maximum absolute atomic E-state index is 11.4. The molecule has 20 heavy (non-hydrogen) atoms. The highest BCUT2D eigenvalue weighted by atomic mass is 16.6. The third kappa shape index (κ3) is 4.13. The Bertz CT molecular complexity index is 491. The zero-order valence-corrected chi connectivity index (χ0v) is 11.0. The first-order valence-corrected chi connectivity index (χ1v) is 6.09. The van der Waals surface area contributed by atoms with Gasteiger partial charge in [-0.1, -0.05) is 6.92 Å². The molecular formula is C13H16N2O5. The van der Waals surface area contributed by atoms with E-state index in [1.165, 1.54) is 18.4 Å². The molecule has 0 spiro atoms. The van der Waals surface area contributed by atoms with Crippen LogP contribution < -0.4 is 10.9 Å². The van der Waals surface area contributed by atoms with Crippen molar-refractivity contribution in [2.45, 2.75) is 6.92 Å². The van der Waals surface area contributed by atoms with Crippen LogP contribution in [0.1, 0.15) is 12.7 Å². The number of rotatable bonds is 4. The minimum Gasteiger partial charge on any atom is -0.465 e. The predicted molar refractivity (Wildman–Crippen MR) is 69.3 cm³/mol. The van der Waals surface area contributed by atoms with Crippen LogP contribution >= 0.6 is 0 Å². The summed E-state index contributed by atoms with van der Waals surface area (Å²) in [6, 6.07) is 3.41. The Morgan fingerprint density at radius 3 is 2.85 bits per heavy atom. The van der Waals surface area contributed by atoms with E-state index in [1.807, 2.05) is 6.92 Å². The molecule has 2 N–H and O–H groups in total. The standard InChI is InChI=1S/C13H16N2O5/c1-13(7-18-8-13)9-20-12(17)15-14-11(16)5-4-10-3-2-6-19-10/h2-6H,7-9H2,1H3,(H,14,16)(H,15,17)/b5-4+. The Balaban J connectivity index is 1.64. The number of amides is 2. The third-order valence-corrected chi connectivity index (χ3v) is 2.68. The lowest BCUT2D eigenvalue weighted by Gasteiger charge is -2.36. The van der Waals surface area contributed by atoms with Gasteiger partial charge in [0.25, 0.3) is 5.91 Å². The molecule has 0 atom stereocenters. The average molecular weight is 280 g/mol. The molecule has 1 fully saturated rings. The highest BCUT2D eigenvalue weighted by molar-refractivity contribution is 5.92. The molecule has 2 rings (SSSR count). The van der Waals surface area contributed by atoms with Crippen LogP contribution in [0.4, 0.5) is 4.79 Å². The fourth-order valence-corrected chi connectivity index (χ4v) is 1.51. The lowest BCUT2D eigenvalue weighted by Crippen LogP contribution is -2.47. The summed E-state index contributed by atoms with van der Waals surface area (Å²) in [5, 5.41) is 0. The molecule has 1 aliphatic rings. The largest absolute Gasteiger partial charge is 0.465 e. The number of hydrogen-bond acceptors (Lipinski definition) is 5. The van der Waals surface area contributed by atoms with Crippen molar-refractivity contribution in [3.8, 4) is 0 Å². The minimum atomic E-state index is -0.710. The number of hydrogen-bond donors (Lipinski definition) is 2. The van der Waals surface area contributed by atoms with Crippen LogP contribution in [0.5, 0.6) is 0 Å². The number of furan rings is 1. The molecule has 1 aliphatic heterocycles. The van der Waals surface area contributed by atoms with E-state index in [0.29, 0.717) is 19.0 Å². The van der Waals surface area contributed by atoms with Crippen LogP contribution in [0.25, 0.3) is 6.08 Å². The molecule has 0 bridgehead atoms. The molecule has 2 amide bonds. The van der Waals surface area contributed by atoms with Gasteiger partial charge in [-0.3, -0.25) is 10.2 Å². The smallest absolute Gasteiger partial charge is 0.426 e. The predicted octanol–water partition coefficient (Wildman–Crippen LogP) is 1.09. The molecule has 1 aromatic heterocycles. The highest BCUT2D eigenvalue weighted by Gasteiger charge is 2.34. The summed E-state index contributed by atoms with van der Waals surface area (Å²) in [4.78, 5) is 22.7. The van der Waals surface area contributed by atoms with Gasteiger partial charge in [0.05, 0.1) is 19.5 Å². The van der Waals surface area contributed by atoms with Crippen molar-refractivity contribution in [3.05, 3.63) is 30.2 Å². The van der Waals surface area contributed by atoms with Crippen LogP contribution in [-0.4, -0.2) is 31.8 Å². The maximum atomic E-state index is 11.4. The van der Waals surface area contributed by atoms with Gasteiger partial charge in [-0.05, 0) is 18.2 Å². The SMILES string of the molecule is CC1(COC(=O)NNC(=O)/C=C/c2ccco2)COC1. The molecule has 1 saturated heterocycles. The second-order valence-electron chi connectivity index (χ2n) is 4.84. The lowest BCUT2D eigenvalue weighted by atomic mass is 9.90. The van der Waals surface area contributed by atoms with Gasteiger partial charge in [-0.2, -0.15) is 0 Å². The highest BCUT2D eigenvalue weighted by Crippen LogP contribution is 2.26. The van der Waals surface area contributed by atoms with Gasteiger partial charge >= 0.3 is 6.09 Å². The van der Waals surface area contributed by atoms with Crippen molar-refractivity contribution >= 4 is 18.1 Å². The van der Waals surface area contributed by atoms with Gasteiger partial charge in [0.15, 0.2) is 0 Å². The van der Waals surface area contributed by atoms with Crippen molar-refractivity contribution in [2.24, 2.45) is 5.41 Å². The summed E-state index contributed by atoms with van der Waals surface area (Å²) in [5.41, 5.74) is 4.22. The number of nitrogens with one attached hydrogen (secondary N) is 2. The van der Waals surface area contributed by atoms with Crippen molar-refractivity contribution in [1.82, 2.24) is 10.9 Å². The Hall–Kier alpha value is -2.28. The van der Waals surface area contributed by atoms with Gasteiger partial charge in [0.1, 0.15) is 12.4 Å². The van der Waals surface area contributed by atoms with E-state index in [9.17, 15) is 9.59 Å². The molecule has 1 aromatic rings. The van der Waals surface area contributed by atoms with E-state index in [1.54, 1.807) is 12.1 Å². The normalized spacial score (nSPS) is 16.4. The van der Waals surface area contributed by atoms with E-state index >= 15 is 0 Å². The van der Waals surface area contributed by atoms with E-state index < -0.39 is 12.0 Å². The summed E-state index contributed by atoms with van der Waals surface area (Å²) in [6.45, 7) is 3.34. The Kier molecular flexibility index (Phi) is 4.41. The first-order valence-electron chi connectivity index (χ1n) is 6.09. The zero-order chi connectivity index (χ0) is 14.4. The van der Waals surface area contributed by atoms with E-state index in [-0.39, 0.29) is 12.0 Å². The number of carbonyl (C=O) groups excluding carboxylic acids is 2. The van der Waals surface area contributed by atoms with Crippen LogP contribution in [0.3, 0.4) is 0 Å². The summed E-state index contributed by atoms with van der Waals surface area (Å²) >= 11 is 0. The van der Waals surface area contributed by atoms with Gasteiger partial charge in [0, 0.05) is 11.5 Å². The first-order chi connectivity index (χ1) is 9.57. The molecule has 108 valence electrons. The van der Waals surface area contributed by atoms with Crippen LogP contribution in [0.2, 0.25) is 0 Å². The number of carbonyl (C=O) groups is 2. The molecule has 0 saturated carbocycles. The lowest BCUT2D eigenvalue weighted by molar-refractivity contribution is -0.126. The van der Waals surface area contributed by atoms with Crippen LogP contribution in [0.15, 0.2) is 28.9 Å². The molecule has 0 unspecified atom stereocenters. The first kappa shape index (κ1) is 14.1. The molecular weight excluding hydrogens is 264 g/mol. The van der Waals surface area contributed by atoms with E-state index in [2.05, 4.69) is 10.9 Å². The zero-order valence-electron chi connectivity index (χ0n) is 11.0. The summed E-state index contributed by atoms with van der Waals surface area (Å²) < 4.78 is 15.0. The number of hydrazine groups is 1. The summed E-state index contributed by atoms with van der Waals surface area (Å²) in [5.74, 6) is 0.0529. The monoisotopic (exact) mass is 280 g/mol. The molecule has 0 radical (unpaired) electrons. The van der Waals surface area contributed by atoms with Crippen LogP contribution in [0, 0.1) is 5.41 Å². The topological polar surface area (TPSA) is 89.8 Å². The molecule has 2 heterocycles. The maximum Gasteiger partial charge on any atom is 0.426 e. The quantitative estimate of drug-likeness (QED) is 0.636. The number of ether oxygens (including phenoxy) is 2. The van der Waals surface area contributed by atoms with Crippen molar-refractivity contribution < 1.29 is 23.5 Å². The fourth-order valence-electron chi connectivity index (χ4n) is 1.51. The summed E-state index contributed by atoms with van der Waals surface area (Å²) in [6.07, 6.45) is 3.51. The second-order valence-corrected chi connectivity index (χ2v) is 4.84. The molecule has 0 aromatic carbocycles. The second kappa shape index (κ2) is 6.25. The Morgan fingerprint density at radius 2 is 2.25 bits per heavy atom. The van der Waals surface area contributed by atoms with E-state index in [0.717, 1.165) is 0 Å². The van der Waals surface area contributed by atoms with Gasteiger partial charge in [-0.25, -0.2) is 10.2 Å². The third-order valence-electron chi connectivity index (χ3n) is 2.68. The van der Waals surface area contributed by atoms with Gasteiger partial charge in [0.2, 0.25) is 0 Å². The molecule has 7 nitrogen and oxygen atoms in total. The summed E-state index contributed by atoms with van der Waals surface area (Å²) in [7, 11) is 0. The van der Waals surface area contributed by atoms with Crippen molar-refractivity contribution in [3.63, 3.8) is 0 Å². The average Bonchev–Trinajstić information content (AvgIpc) is 2.91. The fraction of sp³-hybridized carbons (Fsp3) is 0.385. The van der Waals surface area contributed by atoms with Crippen LogP contribution in [-0.2, 0) is 14.3 Å². The van der Waals surface area contributed by atoms with Gasteiger partial charge < -0.3 is 13.9 Å².